The summed E-state index contributed by atoms with van der Waals surface area (Å²) in [6, 6.07) is 0. The molecule has 0 aromatic heterocycles. The van der Waals surface area contributed by atoms with E-state index in [9.17, 15) is 0 Å². The molecule has 1 saturated heterocycles. The van der Waals surface area contributed by atoms with Crippen LogP contribution in [-0.4, -0.2) is 42.8 Å². The van der Waals surface area contributed by atoms with E-state index >= 15 is 0 Å². The molecule has 0 spiro atoms. The van der Waals surface area contributed by atoms with Crippen molar-refractivity contribution in [3.8, 4) is 0 Å². The van der Waals surface area contributed by atoms with Gasteiger partial charge < -0.3 is 10.5 Å². The van der Waals surface area contributed by atoms with Gasteiger partial charge in [-0.1, -0.05) is 34.1 Å². The standard InChI is InChI=1S/C15H32N2O/c1-5-7-9-17(6-2)15(12-16)8-10-18-14(11-15)13(3)4/h13-14H,5-12,16H2,1-4H3. The third kappa shape index (κ3) is 3.69. The van der Waals surface area contributed by atoms with Gasteiger partial charge in [-0.25, -0.2) is 0 Å². The van der Waals surface area contributed by atoms with E-state index in [1.54, 1.807) is 0 Å². The Kier molecular flexibility index (Phi) is 6.61. The smallest absolute Gasteiger partial charge is 0.0616 e. The minimum absolute atomic E-state index is 0.178. The molecule has 2 N–H and O–H groups in total. The second-order valence-corrected chi connectivity index (χ2v) is 5.97. The van der Waals surface area contributed by atoms with Crippen LogP contribution >= 0.6 is 0 Å². The van der Waals surface area contributed by atoms with E-state index in [0.717, 1.165) is 32.5 Å². The number of hydrogen-bond acceptors (Lipinski definition) is 3. The number of unbranched alkanes of at least 4 members (excludes halogenated alkanes) is 1. The van der Waals surface area contributed by atoms with Crippen LogP contribution in [0.3, 0.4) is 0 Å². The van der Waals surface area contributed by atoms with Crippen molar-refractivity contribution in [2.75, 3.05) is 26.2 Å². The first-order valence-corrected chi connectivity index (χ1v) is 7.66. The third-order valence-corrected chi connectivity index (χ3v) is 4.44. The largest absolute Gasteiger partial charge is 0.378 e. The van der Waals surface area contributed by atoms with E-state index in [2.05, 4.69) is 32.6 Å². The first-order chi connectivity index (χ1) is 8.59. The van der Waals surface area contributed by atoms with Gasteiger partial charge in [-0.15, -0.1) is 0 Å². The molecule has 0 aromatic carbocycles. The van der Waals surface area contributed by atoms with Crippen LogP contribution in [0.4, 0.5) is 0 Å². The number of hydrogen-bond donors (Lipinski definition) is 1. The lowest BCUT2D eigenvalue weighted by Gasteiger charge is -2.48. The fourth-order valence-electron chi connectivity index (χ4n) is 3.05. The molecule has 1 aliphatic heterocycles. The fraction of sp³-hybridized carbons (Fsp3) is 1.00. The van der Waals surface area contributed by atoms with Gasteiger partial charge >= 0.3 is 0 Å². The molecule has 0 radical (unpaired) electrons. The van der Waals surface area contributed by atoms with Crippen LogP contribution in [0.25, 0.3) is 0 Å². The predicted molar refractivity (Wildman–Crippen MR) is 77.8 cm³/mol. The van der Waals surface area contributed by atoms with Crippen LogP contribution in [0.1, 0.15) is 53.4 Å². The van der Waals surface area contributed by atoms with Gasteiger partial charge in [-0.05, 0) is 38.3 Å². The van der Waals surface area contributed by atoms with Crippen LogP contribution < -0.4 is 5.73 Å². The Hall–Kier alpha value is -0.120. The molecule has 1 rings (SSSR count). The van der Waals surface area contributed by atoms with E-state index in [1.807, 2.05) is 0 Å². The van der Waals surface area contributed by atoms with Crippen molar-refractivity contribution in [3.63, 3.8) is 0 Å². The van der Waals surface area contributed by atoms with Gasteiger partial charge in [0, 0.05) is 18.7 Å². The van der Waals surface area contributed by atoms with Crippen molar-refractivity contribution in [2.45, 2.75) is 65.0 Å². The van der Waals surface area contributed by atoms with Gasteiger partial charge in [0.05, 0.1) is 6.10 Å². The van der Waals surface area contributed by atoms with Crippen LogP contribution in [0, 0.1) is 5.92 Å². The monoisotopic (exact) mass is 256 g/mol. The van der Waals surface area contributed by atoms with Crippen LogP contribution in [0.5, 0.6) is 0 Å². The lowest BCUT2D eigenvalue weighted by Crippen LogP contribution is -2.59. The Labute approximate surface area is 113 Å². The molecule has 108 valence electrons. The molecule has 3 heteroatoms. The number of nitrogens with zero attached hydrogens (tertiary/aromatic N) is 1. The van der Waals surface area contributed by atoms with Crippen molar-refractivity contribution in [3.05, 3.63) is 0 Å². The van der Waals surface area contributed by atoms with Crippen LogP contribution in [-0.2, 0) is 4.74 Å². The second-order valence-electron chi connectivity index (χ2n) is 5.97. The SMILES string of the molecule is CCCCN(CC)C1(CN)CCOC(C(C)C)C1. The molecule has 2 atom stereocenters. The summed E-state index contributed by atoms with van der Waals surface area (Å²) in [5, 5.41) is 0. The molecule has 2 unspecified atom stereocenters. The zero-order valence-corrected chi connectivity index (χ0v) is 12.7. The molecule has 1 fully saturated rings. The number of nitrogens with two attached hydrogens (primary N) is 1. The molecular weight excluding hydrogens is 224 g/mol. The quantitative estimate of drug-likeness (QED) is 0.761. The maximum Gasteiger partial charge on any atom is 0.0616 e. The lowest BCUT2D eigenvalue weighted by atomic mass is 9.81. The van der Waals surface area contributed by atoms with E-state index in [4.69, 9.17) is 10.5 Å². The van der Waals surface area contributed by atoms with E-state index in [0.29, 0.717) is 12.0 Å². The third-order valence-electron chi connectivity index (χ3n) is 4.44. The molecule has 3 nitrogen and oxygen atoms in total. The number of ether oxygens (including phenoxy) is 1. The fourth-order valence-corrected chi connectivity index (χ4v) is 3.05. The average molecular weight is 256 g/mol. The molecule has 0 saturated carbocycles. The topological polar surface area (TPSA) is 38.5 Å². The number of rotatable bonds is 7. The molecule has 0 bridgehead atoms. The van der Waals surface area contributed by atoms with Crippen molar-refractivity contribution >= 4 is 0 Å². The predicted octanol–water partition coefficient (Wildman–Crippen LogP) is 2.64. The molecular formula is C15H32N2O. The zero-order valence-electron chi connectivity index (χ0n) is 12.7. The van der Waals surface area contributed by atoms with E-state index in [1.165, 1.54) is 19.4 Å². The van der Waals surface area contributed by atoms with Crippen molar-refractivity contribution in [1.82, 2.24) is 4.90 Å². The Balaban J connectivity index is 2.75. The van der Waals surface area contributed by atoms with Gasteiger partial charge in [0.15, 0.2) is 0 Å². The van der Waals surface area contributed by atoms with Gasteiger partial charge in [-0.2, -0.15) is 0 Å². The minimum Gasteiger partial charge on any atom is -0.378 e. The van der Waals surface area contributed by atoms with Gasteiger partial charge in [0.1, 0.15) is 0 Å². The highest BCUT2D eigenvalue weighted by Gasteiger charge is 2.40. The van der Waals surface area contributed by atoms with Crippen molar-refractivity contribution in [2.24, 2.45) is 11.7 Å². The molecule has 0 amide bonds. The first kappa shape index (κ1) is 15.9. The van der Waals surface area contributed by atoms with E-state index in [-0.39, 0.29) is 5.54 Å². The lowest BCUT2D eigenvalue weighted by molar-refractivity contribution is -0.0867. The van der Waals surface area contributed by atoms with Crippen LogP contribution in [0.2, 0.25) is 0 Å². The second kappa shape index (κ2) is 7.46. The van der Waals surface area contributed by atoms with Crippen molar-refractivity contribution < 1.29 is 4.74 Å². The minimum atomic E-state index is 0.178. The van der Waals surface area contributed by atoms with Crippen molar-refractivity contribution in [1.29, 1.82) is 0 Å². The zero-order chi connectivity index (χ0) is 13.6. The average Bonchev–Trinajstić information content (AvgIpc) is 2.39. The Morgan fingerprint density at radius 1 is 1.39 bits per heavy atom. The summed E-state index contributed by atoms with van der Waals surface area (Å²) >= 11 is 0. The highest BCUT2D eigenvalue weighted by Crippen LogP contribution is 2.33. The normalized spacial score (nSPS) is 29.2. The maximum absolute atomic E-state index is 6.15. The molecule has 1 heterocycles. The number of likely N-dealkylation sites (N-methyl/N-ethyl adjacent to an activating group) is 1. The molecule has 1 aliphatic rings. The summed E-state index contributed by atoms with van der Waals surface area (Å²) in [4.78, 5) is 2.61. The highest BCUT2D eigenvalue weighted by molar-refractivity contribution is 4.96. The Bertz CT molecular complexity index is 233. The van der Waals surface area contributed by atoms with Gasteiger partial charge in [-0.3, -0.25) is 4.90 Å². The van der Waals surface area contributed by atoms with Gasteiger partial charge in [0.25, 0.3) is 0 Å². The summed E-state index contributed by atoms with van der Waals surface area (Å²) in [5.74, 6) is 0.584. The molecule has 0 aliphatic carbocycles. The summed E-state index contributed by atoms with van der Waals surface area (Å²) < 4.78 is 5.91. The van der Waals surface area contributed by atoms with E-state index < -0.39 is 0 Å². The maximum atomic E-state index is 6.15. The highest BCUT2D eigenvalue weighted by atomic mass is 16.5. The molecule has 0 aromatic rings. The summed E-state index contributed by atoms with van der Waals surface area (Å²) in [6.07, 6.45) is 5.07. The Morgan fingerprint density at radius 2 is 2.11 bits per heavy atom. The first-order valence-electron chi connectivity index (χ1n) is 7.66. The summed E-state index contributed by atoms with van der Waals surface area (Å²) in [5.41, 5.74) is 6.33. The molecule has 18 heavy (non-hydrogen) atoms. The summed E-state index contributed by atoms with van der Waals surface area (Å²) in [6.45, 7) is 12.9. The Morgan fingerprint density at radius 3 is 2.61 bits per heavy atom. The van der Waals surface area contributed by atoms with Gasteiger partial charge in [0.2, 0.25) is 0 Å². The summed E-state index contributed by atoms with van der Waals surface area (Å²) in [7, 11) is 0. The van der Waals surface area contributed by atoms with Crippen LogP contribution in [0.15, 0.2) is 0 Å².